The molecule has 6 nitrogen and oxygen atoms in total. The molecular formula is C16H15NO5. The molecule has 2 aromatic rings. The van der Waals surface area contributed by atoms with Crippen LogP contribution in [0.4, 0.5) is 5.69 Å². The van der Waals surface area contributed by atoms with E-state index in [0.29, 0.717) is 5.69 Å². The van der Waals surface area contributed by atoms with Gasteiger partial charge in [0.1, 0.15) is 6.61 Å². The fourth-order valence-electron chi connectivity index (χ4n) is 1.78. The lowest BCUT2D eigenvalue weighted by molar-refractivity contribution is 0.0657. The Hall–Kier alpha value is -3.02. The zero-order valence-electron chi connectivity index (χ0n) is 11.9. The Labute approximate surface area is 126 Å². The predicted molar refractivity (Wildman–Crippen MR) is 81.8 cm³/mol. The minimum atomic E-state index is -1.31. The molecule has 1 aromatic carbocycles. The molecule has 0 amide bonds. The third-order valence-corrected chi connectivity index (χ3v) is 2.82. The van der Waals surface area contributed by atoms with Gasteiger partial charge in [0.25, 0.3) is 0 Å². The summed E-state index contributed by atoms with van der Waals surface area (Å²) in [7, 11) is 0. The Morgan fingerprint density at radius 1 is 1.36 bits per heavy atom. The summed E-state index contributed by atoms with van der Waals surface area (Å²) >= 11 is 0. The highest BCUT2D eigenvalue weighted by Crippen LogP contribution is 2.19. The molecule has 0 unspecified atom stereocenters. The minimum Gasteiger partial charge on any atom is -0.481 e. The van der Waals surface area contributed by atoms with E-state index in [0.717, 1.165) is 11.6 Å². The van der Waals surface area contributed by atoms with Gasteiger partial charge in [0.05, 0.1) is 0 Å². The SMILES string of the molecule is C/C=C/c1oc(C(=O)O)cc(=O)c1OCc1ccc(N)cc1. The topological polar surface area (TPSA) is 103 Å². The van der Waals surface area contributed by atoms with Crippen molar-refractivity contribution in [3.05, 3.63) is 63.7 Å². The highest BCUT2D eigenvalue weighted by atomic mass is 16.5. The molecule has 0 saturated heterocycles. The van der Waals surface area contributed by atoms with Crippen molar-refractivity contribution < 1.29 is 19.1 Å². The summed E-state index contributed by atoms with van der Waals surface area (Å²) in [5, 5.41) is 8.92. The number of benzene rings is 1. The molecule has 1 aromatic heterocycles. The molecule has 3 N–H and O–H groups in total. The van der Waals surface area contributed by atoms with Gasteiger partial charge in [-0.1, -0.05) is 18.2 Å². The van der Waals surface area contributed by atoms with Crippen LogP contribution in [0.15, 0.2) is 45.6 Å². The van der Waals surface area contributed by atoms with Crippen molar-refractivity contribution in [2.75, 3.05) is 5.73 Å². The second-order valence-electron chi connectivity index (χ2n) is 4.50. The molecule has 1 heterocycles. The van der Waals surface area contributed by atoms with Crippen molar-refractivity contribution in [3.8, 4) is 5.75 Å². The first-order valence-electron chi connectivity index (χ1n) is 6.52. The largest absolute Gasteiger partial charge is 0.481 e. The number of ether oxygens (including phenoxy) is 1. The molecular weight excluding hydrogens is 286 g/mol. The standard InChI is InChI=1S/C16H15NO5/c1-2-3-13-15(12(18)8-14(22-13)16(19)20)21-9-10-4-6-11(17)7-5-10/h2-8H,9,17H2,1H3,(H,19,20)/b3-2+. The second kappa shape index (κ2) is 6.62. The molecule has 22 heavy (non-hydrogen) atoms. The Kier molecular flexibility index (Phi) is 4.63. The van der Waals surface area contributed by atoms with Crippen LogP contribution in [0.2, 0.25) is 0 Å². The average Bonchev–Trinajstić information content (AvgIpc) is 2.48. The number of allylic oxidation sites excluding steroid dienone is 1. The molecule has 0 aliphatic rings. The van der Waals surface area contributed by atoms with Crippen molar-refractivity contribution in [2.45, 2.75) is 13.5 Å². The molecule has 0 bridgehead atoms. The van der Waals surface area contributed by atoms with Gasteiger partial charge in [-0.05, 0) is 30.7 Å². The predicted octanol–water partition coefficient (Wildman–Crippen LogP) is 2.53. The highest BCUT2D eigenvalue weighted by molar-refractivity contribution is 5.84. The van der Waals surface area contributed by atoms with E-state index in [-0.39, 0.29) is 18.1 Å². The van der Waals surface area contributed by atoms with Crippen LogP contribution in [0.5, 0.6) is 5.75 Å². The third-order valence-electron chi connectivity index (χ3n) is 2.82. The summed E-state index contributed by atoms with van der Waals surface area (Å²) < 4.78 is 10.7. The van der Waals surface area contributed by atoms with Crippen molar-refractivity contribution in [2.24, 2.45) is 0 Å². The van der Waals surface area contributed by atoms with Gasteiger partial charge in [0.15, 0.2) is 5.76 Å². The van der Waals surface area contributed by atoms with Gasteiger partial charge in [0.2, 0.25) is 16.9 Å². The van der Waals surface area contributed by atoms with Gasteiger partial charge in [-0.2, -0.15) is 0 Å². The smallest absolute Gasteiger partial charge is 0.371 e. The van der Waals surface area contributed by atoms with Crippen LogP contribution in [0.25, 0.3) is 6.08 Å². The number of carboxylic acids is 1. The number of rotatable bonds is 5. The van der Waals surface area contributed by atoms with Crippen LogP contribution >= 0.6 is 0 Å². The maximum Gasteiger partial charge on any atom is 0.371 e. The van der Waals surface area contributed by atoms with Gasteiger partial charge in [-0.3, -0.25) is 4.79 Å². The molecule has 0 saturated carbocycles. The van der Waals surface area contributed by atoms with Crippen LogP contribution in [0.3, 0.4) is 0 Å². The summed E-state index contributed by atoms with van der Waals surface area (Å²) in [6.07, 6.45) is 3.10. The monoisotopic (exact) mass is 301 g/mol. The van der Waals surface area contributed by atoms with E-state index >= 15 is 0 Å². The Morgan fingerprint density at radius 3 is 2.64 bits per heavy atom. The van der Waals surface area contributed by atoms with E-state index in [1.165, 1.54) is 6.08 Å². The lowest BCUT2D eigenvalue weighted by atomic mass is 10.2. The summed E-state index contributed by atoms with van der Waals surface area (Å²) in [6, 6.07) is 7.90. The first-order chi connectivity index (χ1) is 10.5. The molecule has 6 heteroatoms. The first kappa shape index (κ1) is 15.4. The van der Waals surface area contributed by atoms with E-state index in [4.69, 9.17) is 20.0 Å². The van der Waals surface area contributed by atoms with Gasteiger partial charge in [-0.15, -0.1) is 0 Å². The van der Waals surface area contributed by atoms with E-state index in [9.17, 15) is 9.59 Å². The summed E-state index contributed by atoms with van der Waals surface area (Å²) in [5.41, 5.74) is 6.50. The fourth-order valence-corrected chi connectivity index (χ4v) is 1.78. The first-order valence-corrected chi connectivity index (χ1v) is 6.52. The number of carboxylic acid groups (broad SMARTS) is 1. The van der Waals surface area contributed by atoms with Gasteiger partial charge in [0, 0.05) is 11.8 Å². The van der Waals surface area contributed by atoms with Crippen LogP contribution in [-0.4, -0.2) is 11.1 Å². The molecule has 0 atom stereocenters. The second-order valence-corrected chi connectivity index (χ2v) is 4.50. The number of hydrogen-bond acceptors (Lipinski definition) is 5. The maximum atomic E-state index is 12.0. The average molecular weight is 301 g/mol. The Morgan fingerprint density at radius 2 is 2.05 bits per heavy atom. The quantitative estimate of drug-likeness (QED) is 0.823. The van der Waals surface area contributed by atoms with Gasteiger partial charge in [-0.25, -0.2) is 4.79 Å². The van der Waals surface area contributed by atoms with Crippen LogP contribution in [-0.2, 0) is 6.61 Å². The van der Waals surface area contributed by atoms with Crippen molar-refractivity contribution in [3.63, 3.8) is 0 Å². The third kappa shape index (κ3) is 3.54. The van der Waals surface area contributed by atoms with Crippen LogP contribution < -0.4 is 15.9 Å². The number of nitrogens with two attached hydrogens (primary N) is 1. The van der Waals surface area contributed by atoms with E-state index < -0.39 is 17.2 Å². The Bertz CT molecular complexity index is 759. The maximum absolute atomic E-state index is 12.0. The van der Waals surface area contributed by atoms with Crippen LogP contribution in [0, 0.1) is 0 Å². The van der Waals surface area contributed by atoms with Gasteiger partial charge >= 0.3 is 5.97 Å². The lowest BCUT2D eigenvalue weighted by Crippen LogP contribution is -2.12. The van der Waals surface area contributed by atoms with Crippen molar-refractivity contribution >= 4 is 17.7 Å². The number of nitrogen functional groups attached to an aromatic ring is 1. The summed E-state index contributed by atoms with van der Waals surface area (Å²) in [4.78, 5) is 22.9. The molecule has 0 fully saturated rings. The van der Waals surface area contributed by atoms with E-state index in [1.807, 2.05) is 0 Å². The number of hydrogen-bond donors (Lipinski definition) is 2. The molecule has 114 valence electrons. The summed E-state index contributed by atoms with van der Waals surface area (Å²) in [5.74, 6) is -1.70. The lowest BCUT2D eigenvalue weighted by Gasteiger charge is -2.08. The number of aromatic carboxylic acids is 1. The van der Waals surface area contributed by atoms with E-state index in [1.54, 1.807) is 37.3 Å². The molecule has 2 rings (SSSR count). The number of carbonyl (C=O) groups is 1. The fraction of sp³-hybridized carbons (Fsp3) is 0.125. The zero-order chi connectivity index (χ0) is 16.1. The molecule has 0 spiro atoms. The van der Waals surface area contributed by atoms with Crippen molar-refractivity contribution in [1.29, 1.82) is 0 Å². The minimum absolute atomic E-state index is 0.0278. The summed E-state index contributed by atoms with van der Waals surface area (Å²) in [6.45, 7) is 1.86. The van der Waals surface area contributed by atoms with E-state index in [2.05, 4.69) is 0 Å². The zero-order valence-corrected chi connectivity index (χ0v) is 11.9. The van der Waals surface area contributed by atoms with Crippen molar-refractivity contribution in [1.82, 2.24) is 0 Å². The molecule has 0 aliphatic carbocycles. The Balaban J connectivity index is 2.31. The highest BCUT2D eigenvalue weighted by Gasteiger charge is 2.15. The molecule has 0 aliphatic heterocycles. The number of anilines is 1. The molecule has 0 radical (unpaired) electrons. The van der Waals surface area contributed by atoms with Gasteiger partial charge < -0.3 is 20.0 Å². The normalized spacial score (nSPS) is 10.8. The van der Waals surface area contributed by atoms with Crippen LogP contribution in [0.1, 0.15) is 28.8 Å².